The first-order chi connectivity index (χ1) is 8.79. The third-order valence-electron chi connectivity index (χ3n) is 2.67. The van der Waals surface area contributed by atoms with E-state index in [-0.39, 0.29) is 5.82 Å². The highest BCUT2D eigenvalue weighted by Crippen LogP contribution is 2.27. The molecule has 0 atom stereocenters. The first-order valence-corrected chi connectivity index (χ1v) is 6.93. The van der Waals surface area contributed by atoms with E-state index in [1.165, 1.54) is 11.6 Å². The molecule has 0 aliphatic heterocycles. The molecule has 2 rings (SSSR count). The number of rotatable bonds is 5. The molecule has 0 unspecified atom stereocenters. The molecule has 0 amide bonds. The molecule has 0 spiro atoms. The van der Waals surface area contributed by atoms with E-state index < -0.39 is 0 Å². The molecule has 2 aromatic carbocycles. The van der Waals surface area contributed by atoms with Gasteiger partial charge in [-0.3, -0.25) is 0 Å². The normalized spacial score (nSPS) is 10.6. The summed E-state index contributed by atoms with van der Waals surface area (Å²) in [6, 6.07) is 15.2. The van der Waals surface area contributed by atoms with Crippen molar-refractivity contribution < 1.29 is 4.39 Å². The zero-order valence-electron chi connectivity index (χ0n) is 10.1. The van der Waals surface area contributed by atoms with Crippen molar-refractivity contribution >= 4 is 11.8 Å². The molecule has 0 aliphatic rings. The molecule has 0 fully saturated rings. The molecular weight excluding hydrogens is 245 g/mol. The molecule has 0 saturated heterocycles. The van der Waals surface area contributed by atoms with Crippen LogP contribution in [0.1, 0.15) is 11.1 Å². The summed E-state index contributed by atoms with van der Waals surface area (Å²) in [5, 5.41) is 0. The van der Waals surface area contributed by atoms with Crippen molar-refractivity contribution in [2.24, 2.45) is 5.73 Å². The van der Waals surface area contributed by atoms with Crippen LogP contribution in [0.2, 0.25) is 0 Å². The Labute approximate surface area is 111 Å². The fraction of sp³-hybridized carbons (Fsp3) is 0.200. The highest BCUT2D eigenvalue weighted by molar-refractivity contribution is 7.98. The summed E-state index contributed by atoms with van der Waals surface area (Å²) in [7, 11) is 0. The minimum Gasteiger partial charge on any atom is -0.330 e. The monoisotopic (exact) mass is 261 g/mol. The second kappa shape index (κ2) is 6.57. The summed E-state index contributed by atoms with van der Waals surface area (Å²) < 4.78 is 13.2. The highest BCUT2D eigenvalue weighted by Gasteiger charge is 2.04. The summed E-state index contributed by atoms with van der Waals surface area (Å²) in [5.74, 6) is 0.701. The van der Waals surface area contributed by atoms with Gasteiger partial charge >= 0.3 is 0 Å². The van der Waals surface area contributed by atoms with E-state index in [9.17, 15) is 4.39 Å². The van der Waals surface area contributed by atoms with Gasteiger partial charge in [-0.1, -0.05) is 30.3 Å². The number of nitrogens with two attached hydrogens (primary N) is 1. The van der Waals surface area contributed by atoms with Gasteiger partial charge in [-0.05, 0) is 42.3 Å². The van der Waals surface area contributed by atoms with Crippen LogP contribution in [0, 0.1) is 5.82 Å². The van der Waals surface area contributed by atoms with E-state index in [0.29, 0.717) is 6.54 Å². The summed E-state index contributed by atoms with van der Waals surface area (Å²) in [4.78, 5) is 1.12. The number of halogens is 1. The molecule has 0 aliphatic carbocycles. The molecule has 18 heavy (non-hydrogen) atoms. The van der Waals surface area contributed by atoms with Crippen LogP contribution in [0.4, 0.5) is 4.39 Å². The van der Waals surface area contributed by atoms with Gasteiger partial charge < -0.3 is 5.73 Å². The van der Waals surface area contributed by atoms with Crippen molar-refractivity contribution in [1.82, 2.24) is 0 Å². The summed E-state index contributed by atoms with van der Waals surface area (Å²) in [6.07, 6.45) is 0.717. The lowest BCUT2D eigenvalue weighted by Gasteiger charge is -2.08. The molecule has 94 valence electrons. The van der Waals surface area contributed by atoms with Crippen LogP contribution < -0.4 is 5.73 Å². The lowest BCUT2D eigenvalue weighted by atomic mass is 10.1. The van der Waals surface area contributed by atoms with Gasteiger partial charge in [0.25, 0.3) is 0 Å². The number of benzene rings is 2. The smallest absolute Gasteiger partial charge is 0.123 e. The van der Waals surface area contributed by atoms with Gasteiger partial charge in [-0.2, -0.15) is 0 Å². The van der Waals surface area contributed by atoms with Crippen LogP contribution in [0.15, 0.2) is 53.4 Å². The molecule has 2 aromatic rings. The van der Waals surface area contributed by atoms with E-state index in [1.54, 1.807) is 17.8 Å². The van der Waals surface area contributed by atoms with Crippen molar-refractivity contribution in [3.05, 3.63) is 65.5 Å². The van der Waals surface area contributed by atoms with Gasteiger partial charge in [-0.25, -0.2) is 4.39 Å². The summed E-state index contributed by atoms with van der Waals surface area (Å²) >= 11 is 1.73. The standard InChI is InChI=1S/C15H16FNS/c16-14-6-7-15(13(10-14)8-9-17)18-11-12-4-2-1-3-5-12/h1-7,10H,8-9,11,17H2. The van der Waals surface area contributed by atoms with Crippen molar-refractivity contribution in [3.63, 3.8) is 0 Å². The fourth-order valence-electron chi connectivity index (χ4n) is 1.78. The molecule has 0 aromatic heterocycles. The molecule has 0 bridgehead atoms. The predicted molar refractivity (Wildman–Crippen MR) is 75.2 cm³/mol. The van der Waals surface area contributed by atoms with Crippen LogP contribution in [0.25, 0.3) is 0 Å². The molecule has 1 nitrogen and oxygen atoms in total. The van der Waals surface area contributed by atoms with Crippen LogP contribution in [-0.2, 0) is 12.2 Å². The first kappa shape index (κ1) is 13.1. The second-order valence-electron chi connectivity index (χ2n) is 4.06. The number of hydrogen-bond donors (Lipinski definition) is 1. The van der Waals surface area contributed by atoms with Gasteiger partial charge in [0.1, 0.15) is 5.82 Å². The molecular formula is C15H16FNS. The Morgan fingerprint density at radius 2 is 1.83 bits per heavy atom. The fourth-order valence-corrected chi connectivity index (χ4v) is 2.80. The van der Waals surface area contributed by atoms with Crippen molar-refractivity contribution in [2.75, 3.05) is 6.54 Å². The lowest BCUT2D eigenvalue weighted by Crippen LogP contribution is -2.04. The molecule has 3 heteroatoms. The number of thioether (sulfide) groups is 1. The molecule has 0 saturated carbocycles. The van der Waals surface area contributed by atoms with Gasteiger partial charge in [0.2, 0.25) is 0 Å². The zero-order chi connectivity index (χ0) is 12.8. The van der Waals surface area contributed by atoms with Crippen LogP contribution in [-0.4, -0.2) is 6.54 Å². The van der Waals surface area contributed by atoms with Gasteiger partial charge in [0.15, 0.2) is 0 Å². The Morgan fingerprint density at radius 3 is 2.56 bits per heavy atom. The minimum absolute atomic E-state index is 0.192. The van der Waals surface area contributed by atoms with Crippen molar-refractivity contribution in [3.8, 4) is 0 Å². The second-order valence-corrected chi connectivity index (χ2v) is 5.08. The lowest BCUT2D eigenvalue weighted by molar-refractivity contribution is 0.623. The zero-order valence-corrected chi connectivity index (χ0v) is 10.9. The van der Waals surface area contributed by atoms with Crippen LogP contribution in [0.5, 0.6) is 0 Å². The summed E-state index contributed by atoms with van der Waals surface area (Å²) in [6.45, 7) is 0.544. The first-order valence-electron chi connectivity index (χ1n) is 5.95. The molecule has 0 heterocycles. The van der Waals surface area contributed by atoms with E-state index in [2.05, 4.69) is 12.1 Å². The van der Waals surface area contributed by atoms with Gasteiger partial charge in [0, 0.05) is 10.6 Å². The Balaban J connectivity index is 2.09. The Morgan fingerprint density at radius 1 is 1.06 bits per heavy atom. The van der Waals surface area contributed by atoms with E-state index in [4.69, 9.17) is 5.73 Å². The van der Waals surface area contributed by atoms with Crippen molar-refractivity contribution in [1.29, 1.82) is 0 Å². The van der Waals surface area contributed by atoms with E-state index >= 15 is 0 Å². The molecule has 0 radical (unpaired) electrons. The maximum Gasteiger partial charge on any atom is 0.123 e. The quantitative estimate of drug-likeness (QED) is 0.832. The topological polar surface area (TPSA) is 26.0 Å². The number of hydrogen-bond acceptors (Lipinski definition) is 2. The summed E-state index contributed by atoms with van der Waals surface area (Å²) in [5.41, 5.74) is 7.82. The van der Waals surface area contributed by atoms with E-state index in [0.717, 1.165) is 22.6 Å². The van der Waals surface area contributed by atoms with E-state index in [1.807, 2.05) is 24.3 Å². The third kappa shape index (κ3) is 3.59. The average molecular weight is 261 g/mol. The van der Waals surface area contributed by atoms with Crippen LogP contribution in [0.3, 0.4) is 0 Å². The SMILES string of the molecule is NCCc1cc(F)ccc1SCc1ccccc1. The average Bonchev–Trinajstić information content (AvgIpc) is 2.39. The largest absolute Gasteiger partial charge is 0.330 e. The highest BCUT2D eigenvalue weighted by atomic mass is 32.2. The maximum absolute atomic E-state index is 13.2. The predicted octanol–water partition coefficient (Wildman–Crippen LogP) is 3.62. The van der Waals surface area contributed by atoms with Gasteiger partial charge in [-0.15, -0.1) is 11.8 Å². The third-order valence-corrected chi connectivity index (χ3v) is 3.86. The van der Waals surface area contributed by atoms with Gasteiger partial charge in [0.05, 0.1) is 0 Å². The Bertz CT molecular complexity index is 499. The Kier molecular flexibility index (Phi) is 4.79. The van der Waals surface area contributed by atoms with Crippen molar-refractivity contribution in [2.45, 2.75) is 17.1 Å². The maximum atomic E-state index is 13.2. The molecule has 2 N–H and O–H groups in total. The van der Waals surface area contributed by atoms with Crippen LogP contribution >= 0.6 is 11.8 Å². The Hall–Kier alpha value is -1.32. The minimum atomic E-state index is -0.192.